The highest BCUT2D eigenvalue weighted by molar-refractivity contribution is 6.13. The fourth-order valence-electron chi connectivity index (χ4n) is 8.56. The first-order chi connectivity index (χ1) is 30.2. The molecule has 0 saturated carbocycles. The molecule has 288 valence electrons. The van der Waals surface area contributed by atoms with Crippen LogP contribution in [-0.2, 0) is 0 Å². The van der Waals surface area contributed by atoms with Gasteiger partial charge in [0.1, 0.15) is 12.0 Å². The van der Waals surface area contributed by atoms with E-state index in [2.05, 4.69) is 204 Å². The minimum absolute atomic E-state index is 0.233. The second-order valence-corrected chi connectivity index (χ2v) is 15.5. The summed E-state index contributed by atoms with van der Waals surface area (Å²) in [4.78, 5) is 9.98. The molecule has 1 atom stereocenters. The molecule has 0 fully saturated rings. The van der Waals surface area contributed by atoms with E-state index in [1.807, 2.05) is 36.4 Å². The average Bonchev–Trinajstić information content (AvgIpc) is 3.68. The molecule has 1 unspecified atom stereocenters. The molecule has 0 bridgehead atoms. The maximum atomic E-state index is 5.00. The van der Waals surface area contributed by atoms with Gasteiger partial charge in [0, 0.05) is 27.6 Å². The van der Waals surface area contributed by atoms with Crippen LogP contribution in [-0.4, -0.2) is 16.2 Å². The highest BCUT2D eigenvalue weighted by atomic mass is 15.2. The summed E-state index contributed by atoms with van der Waals surface area (Å²) < 4.78 is 2.39. The van der Waals surface area contributed by atoms with Crippen molar-refractivity contribution in [3.8, 4) is 50.2 Å². The Hall–Kier alpha value is -8.08. The Morgan fingerprint density at radius 3 is 1.46 bits per heavy atom. The Balaban J connectivity index is 0.874. The van der Waals surface area contributed by atoms with E-state index in [-0.39, 0.29) is 6.17 Å². The molecule has 9 aromatic carbocycles. The molecule has 1 N–H and O–H groups in total. The van der Waals surface area contributed by atoms with Gasteiger partial charge in [-0.05, 0) is 92.5 Å². The SMILES string of the molecule is c1ccc(C2=NC(c3ccccc3)NC(c3ccc(-c4cccc(-c5ccc(-n6c7ccccc7c7cc(-c8cccc(-c9ccccc9)c8)ccc76)cc5)c4)cc3)=N2)cc1. The topological polar surface area (TPSA) is 41.7 Å². The quantitative estimate of drug-likeness (QED) is 0.164. The zero-order valence-electron chi connectivity index (χ0n) is 33.4. The summed E-state index contributed by atoms with van der Waals surface area (Å²) in [6.07, 6.45) is -0.233. The number of rotatable bonds is 8. The molecule has 1 aliphatic heterocycles. The smallest absolute Gasteiger partial charge is 0.159 e. The number of amidine groups is 2. The molecule has 0 radical (unpaired) electrons. The largest absolute Gasteiger partial charge is 0.344 e. The number of aliphatic imine (C=N–C) groups is 2. The molecule has 2 heterocycles. The highest BCUT2D eigenvalue weighted by Crippen LogP contribution is 2.37. The standard InChI is InChI=1S/C57H40N4/c1-4-14-39(15-5-1)45-20-13-23-48(37-45)49-32-35-54-52(38-49)51-24-10-11-25-53(51)61(54)50-33-30-41(31-34-50)47-22-12-21-46(36-47)40-26-28-44(29-27-40)57-59-55(42-16-6-2-7-17-42)58-56(60-57)43-18-8-3-9-19-43/h1-38,55H,(H,58,59,60). The van der Waals surface area contributed by atoms with Gasteiger partial charge < -0.3 is 9.88 Å². The monoisotopic (exact) mass is 780 g/mol. The van der Waals surface area contributed by atoms with Crippen molar-refractivity contribution in [1.82, 2.24) is 9.88 Å². The fraction of sp³-hybridized carbons (Fsp3) is 0.0175. The van der Waals surface area contributed by atoms with Gasteiger partial charge in [-0.25, -0.2) is 9.98 Å². The lowest BCUT2D eigenvalue weighted by molar-refractivity contribution is 0.674. The van der Waals surface area contributed by atoms with Crippen molar-refractivity contribution in [1.29, 1.82) is 0 Å². The lowest BCUT2D eigenvalue weighted by Crippen LogP contribution is -2.33. The van der Waals surface area contributed by atoms with Crippen molar-refractivity contribution in [2.75, 3.05) is 0 Å². The van der Waals surface area contributed by atoms with Crippen molar-refractivity contribution in [3.63, 3.8) is 0 Å². The molecule has 0 spiro atoms. The second-order valence-electron chi connectivity index (χ2n) is 15.5. The maximum absolute atomic E-state index is 5.00. The second kappa shape index (κ2) is 15.6. The molecule has 0 amide bonds. The zero-order chi connectivity index (χ0) is 40.5. The van der Waals surface area contributed by atoms with E-state index in [1.54, 1.807) is 0 Å². The minimum Gasteiger partial charge on any atom is -0.344 e. The van der Waals surface area contributed by atoms with Gasteiger partial charge in [0.05, 0.1) is 11.0 Å². The van der Waals surface area contributed by atoms with Crippen LogP contribution in [0.25, 0.3) is 72.0 Å². The molecular formula is C57H40N4. The van der Waals surface area contributed by atoms with E-state index in [0.29, 0.717) is 0 Å². The number of fused-ring (bicyclic) bond motifs is 3. The first-order valence-corrected chi connectivity index (χ1v) is 20.8. The Morgan fingerprint density at radius 1 is 0.344 bits per heavy atom. The van der Waals surface area contributed by atoms with E-state index < -0.39 is 0 Å². The number of aromatic nitrogens is 1. The normalized spacial score (nSPS) is 13.7. The number of nitrogens with zero attached hydrogens (tertiary/aromatic N) is 3. The minimum atomic E-state index is -0.233. The predicted molar refractivity (Wildman–Crippen MR) is 254 cm³/mol. The number of hydrogen-bond donors (Lipinski definition) is 1. The number of nitrogens with one attached hydrogen (secondary N) is 1. The molecule has 0 saturated heterocycles. The first kappa shape index (κ1) is 36.0. The van der Waals surface area contributed by atoms with E-state index >= 15 is 0 Å². The average molecular weight is 781 g/mol. The molecule has 11 rings (SSSR count). The Labute approximate surface area is 355 Å². The van der Waals surface area contributed by atoms with Crippen LogP contribution < -0.4 is 5.32 Å². The molecule has 10 aromatic rings. The van der Waals surface area contributed by atoms with Crippen molar-refractivity contribution in [3.05, 3.63) is 247 Å². The van der Waals surface area contributed by atoms with Crippen LogP contribution in [0, 0.1) is 0 Å². The summed E-state index contributed by atoms with van der Waals surface area (Å²) in [5.74, 6) is 1.53. The van der Waals surface area contributed by atoms with Crippen LogP contribution in [0.1, 0.15) is 22.9 Å². The van der Waals surface area contributed by atoms with Crippen LogP contribution >= 0.6 is 0 Å². The summed E-state index contributed by atoms with van der Waals surface area (Å²) >= 11 is 0. The molecule has 4 heteroatoms. The molecule has 61 heavy (non-hydrogen) atoms. The van der Waals surface area contributed by atoms with Crippen LogP contribution in [0.4, 0.5) is 0 Å². The Bertz CT molecular complexity index is 3240. The fourth-order valence-corrected chi connectivity index (χ4v) is 8.56. The van der Waals surface area contributed by atoms with Gasteiger partial charge in [-0.3, -0.25) is 0 Å². The van der Waals surface area contributed by atoms with Crippen LogP contribution in [0.5, 0.6) is 0 Å². The number of para-hydroxylation sites is 1. The molecule has 4 nitrogen and oxygen atoms in total. The van der Waals surface area contributed by atoms with Gasteiger partial charge >= 0.3 is 0 Å². The van der Waals surface area contributed by atoms with Crippen molar-refractivity contribution >= 4 is 33.5 Å². The van der Waals surface area contributed by atoms with Crippen molar-refractivity contribution < 1.29 is 0 Å². The van der Waals surface area contributed by atoms with E-state index in [9.17, 15) is 0 Å². The van der Waals surface area contributed by atoms with Gasteiger partial charge in [0.2, 0.25) is 0 Å². The third-order valence-corrected chi connectivity index (χ3v) is 11.7. The molecule has 0 aliphatic carbocycles. The van der Waals surface area contributed by atoms with Gasteiger partial charge in [0.25, 0.3) is 0 Å². The van der Waals surface area contributed by atoms with Crippen LogP contribution in [0.3, 0.4) is 0 Å². The molecule has 1 aromatic heterocycles. The first-order valence-electron chi connectivity index (χ1n) is 20.8. The third kappa shape index (κ3) is 7.00. The zero-order valence-corrected chi connectivity index (χ0v) is 33.4. The number of benzene rings is 9. The Kier molecular flexibility index (Phi) is 9.21. The lowest BCUT2D eigenvalue weighted by atomic mass is 9.98. The predicted octanol–water partition coefficient (Wildman–Crippen LogP) is 13.9. The van der Waals surface area contributed by atoms with Gasteiger partial charge in [0.15, 0.2) is 5.84 Å². The van der Waals surface area contributed by atoms with Gasteiger partial charge in [-0.15, -0.1) is 0 Å². The van der Waals surface area contributed by atoms with Crippen molar-refractivity contribution in [2.24, 2.45) is 9.98 Å². The summed E-state index contributed by atoms with van der Waals surface area (Å²) in [5.41, 5.74) is 16.1. The van der Waals surface area contributed by atoms with E-state index in [0.717, 1.165) is 45.2 Å². The van der Waals surface area contributed by atoms with Gasteiger partial charge in [-0.1, -0.05) is 188 Å². The van der Waals surface area contributed by atoms with Gasteiger partial charge in [-0.2, -0.15) is 0 Å². The van der Waals surface area contributed by atoms with E-state index in [1.165, 1.54) is 55.2 Å². The van der Waals surface area contributed by atoms with Crippen LogP contribution in [0.2, 0.25) is 0 Å². The lowest BCUT2D eigenvalue weighted by Gasteiger charge is -2.23. The summed E-state index contributed by atoms with van der Waals surface area (Å²) in [6.45, 7) is 0. The third-order valence-electron chi connectivity index (χ3n) is 11.7. The van der Waals surface area contributed by atoms with E-state index in [4.69, 9.17) is 9.98 Å². The highest BCUT2D eigenvalue weighted by Gasteiger charge is 2.21. The maximum Gasteiger partial charge on any atom is 0.159 e. The molecular weight excluding hydrogens is 741 g/mol. The Morgan fingerprint density at radius 2 is 0.803 bits per heavy atom. The van der Waals surface area contributed by atoms with Crippen molar-refractivity contribution in [2.45, 2.75) is 6.17 Å². The summed E-state index contributed by atoms with van der Waals surface area (Å²) in [6, 6.07) is 82.0. The number of hydrogen-bond acceptors (Lipinski definition) is 3. The summed E-state index contributed by atoms with van der Waals surface area (Å²) in [5, 5.41) is 6.07. The molecule has 1 aliphatic rings. The summed E-state index contributed by atoms with van der Waals surface area (Å²) in [7, 11) is 0. The van der Waals surface area contributed by atoms with Crippen LogP contribution in [0.15, 0.2) is 241 Å².